The number of aryl methyl sites for hydroxylation is 1. The molecule has 0 atom stereocenters. The first-order valence-corrected chi connectivity index (χ1v) is 7.10. The van der Waals surface area contributed by atoms with Crippen LogP contribution >= 0.6 is 15.9 Å². The average molecular weight is 338 g/mol. The highest BCUT2D eigenvalue weighted by molar-refractivity contribution is 9.10. The van der Waals surface area contributed by atoms with E-state index in [0.29, 0.717) is 17.9 Å². The maximum absolute atomic E-state index is 12.4. The number of amides is 1. The van der Waals surface area contributed by atoms with Crippen LogP contribution in [0, 0.1) is 6.92 Å². The van der Waals surface area contributed by atoms with Gasteiger partial charge in [0.1, 0.15) is 5.76 Å². The highest BCUT2D eigenvalue weighted by Gasteiger charge is 2.19. The molecule has 1 amide bonds. The Kier molecular flexibility index (Phi) is 4.98. The molecule has 0 saturated heterocycles. The Balaban J connectivity index is 2.19. The van der Waals surface area contributed by atoms with Crippen LogP contribution in [0.2, 0.25) is 0 Å². The summed E-state index contributed by atoms with van der Waals surface area (Å²) >= 11 is 3.41. The summed E-state index contributed by atoms with van der Waals surface area (Å²) < 4.78 is 6.13. The van der Waals surface area contributed by atoms with Gasteiger partial charge in [0.15, 0.2) is 0 Å². The minimum atomic E-state index is -0.134. The van der Waals surface area contributed by atoms with E-state index in [1.807, 2.05) is 24.3 Å². The molecule has 1 aromatic heterocycles. The van der Waals surface area contributed by atoms with Gasteiger partial charge < -0.3 is 14.4 Å². The Morgan fingerprint density at radius 2 is 2.20 bits per heavy atom. The Morgan fingerprint density at radius 3 is 2.80 bits per heavy atom. The molecule has 5 heteroatoms. The molecular formula is C15H16BrNO3. The summed E-state index contributed by atoms with van der Waals surface area (Å²) in [7, 11) is 0. The van der Waals surface area contributed by atoms with Crippen molar-refractivity contribution in [1.82, 2.24) is 4.90 Å². The first kappa shape index (κ1) is 14.8. The van der Waals surface area contributed by atoms with E-state index in [1.54, 1.807) is 17.9 Å². The van der Waals surface area contributed by atoms with Crippen LogP contribution in [0.1, 0.15) is 21.7 Å². The quantitative estimate of drug-likeness (QED) is 0.912. The first-order valence-electron chi connectivity index (χ1n) is 6.30. The lowest BCUT2D eigenvalue weighted by molar-refractivity contribution is 0.0706. The zero-order valence-electron chi connectivity index (χ0n) is 11.2. The Morgan fingerprint density at radius 1 is 1.40 bits per heavy atom. The fourth-order valence-electron chi connectivity index (χ4n) is 2.01. The number of carbonyl (C=O) groups excluding carboxylic acids is 1. The molecule has 1 aromatic carbocycles. The molecule has 0 aliphatic rings. The topological polar surface area (TPSA) is 53.7 Å². The molecule has 0 radical (unpaired) electrons. The summed E-state index contributed by atoms with van der Waals surface area (Å²) in [6.45, 7) is 2.42. The van der Waals surface area contributed by atoms with Gasteiger partial charge in [-0.1, -0.05) is 28.1 Å². The van der Waals surface area contributed by atoms with Gasteiger partial charge in [0, 0.05) is 17.6 Å². The number of carbonyl (C=O) groups is 1. The number of hydrogen-bond acceptors (Lipinski definition) is 3. The van der Waals surface area contributed by atoms with Crippen LogP contribution in [0.3, 0.4) is 0 Å². The number of halogens is 1. The third kappa shape index (κ3) is 3.49. The van der Waals surface area contributed by atoms with Crippen molar-refractivity contribution in [2.24, 2.45) is 0 Å². The molecule has 0 saturated carbocycles. The molecule has 106 valence electrons. The van der Waals surface area contributed by atoms with Gasteiger partial charge in [0.05, 0.1) is 18.4 Å². The molecule has 0 fully saturated rings. The van der Waals surface area contributed by atoms with E-state index in [0.717, 1.165) is 10.0 Å². The van der Waals surface area contributed by atoms with Crippen molar-refractivity contribution in [2.75, 3.05) is 13.2 Å². The van der Waals surface area contributed by atoms with Crippen LogP contribution in [0.4, 0.5) is 0 Å². The van der Waals surface area contributed by atoms with E-state index < -0.39 is 0 Å². The summed E-state index contributed by atoms with van der Waals surface area (Å²) in [5, 5.41) is 9.16. The van der Waals surface area contributed by atoms with Crippen LogP contribution < -0.4 is 0 Å². The van der Waals surface area contributed by atoms with Crippen LogP contribution in [-0.2, 0) is 6.54 Å². The molecule has 2 rings (SSSR count). The van der Waals surface area contributed by atoms with Crippen molar-refractivity contribution < 1.29 is 14.3 Å². The minimum absolute atomic E-state index is 0.0728. The Hall–Kier alpha value is -1.59. The molecule has 1 N–H and O–H groups in total. The smallest absolute Gasteiger partial charge is 0.257 e. The monoisotopic (exact) mass is 337 g/mol. The maximum Gasteiger partial charge on any atom is 0.257 e. The third-order valence-corrected chi connectivity index (χ3v) is 3.50. The van der Waals surface area contributed by atoms with Gasteiger partial charge in [-0.3, -0.25) is 4.79 Å². The Labute approximate surface area is 126 Å². The van der Waals surface area contributed by atoms with Crippen molar-refractivity contribution in [2.45, 2.75) is 13.5 Å². The standard InChI is InChI=1S/C15H16BrNO3/c1-11-14(5-8-20-11)15(19)17(6-7-18)10-12-3-2-4-13(16)9-12/h2-5,8-9,18H,6-7,10H2,1H3. The van der Waals surface area contributed by atoms with Gasteiger partial charge in [-0.05, 0) is 30.7 Å². The van der Waals surface area contributed by atoms with E-state index in [1.165, 1.54) is 6.26 Å². The first-order chi connectivity index (χ1) is 9.61. The number of aliphatic hydroxyl groups excluding tert-OH is 1. The molecule has 2 aromatic rings. The van der Waals surface area contributed by atoms with E-state index >= 15 is 0 Å². The number of hydrogen-bond donors (Lipinski definition) is 1. The van der Waals surface area contributed by atoms with Crippen molar-refractivity contribution in [1.29, 1.82) is 0 Å². The van der Waals surface area contributed by atoms with Crippen LogP contribution in [0.15, 0.2) is 45.5 Å². The zero-order chi connectivity index (χ0) is 14.5. The molecule has 0 unspecified atom stereocenters. The van der Waals surface area contributed by atoms with E-state index in [4.69, 9.17) is 9.52 Å². The van der Waals surface area contributed by atoms with Gasteiger partial charge in [0.2, 0.25) is 0 Å². The average Bonchev–Trinajstić information content (AvgIpc) is 2.84. The normalized spacial score (nSPS) is 10.6. The SMILES string of the molecule is Cc1occc1C(=O)N(CCO)Cc1cccc(Br)c1. The van der Waals surface area contributed by atoms with E-state index in [2.05, 4.69) is 15.9 Å². The Bertz CT molecular complexity index is 594. The summed E-state index contributed by atoms with van der Waals surface area (Å²) in [6.07, 6.45) is 1.50. The fraction of sp³-hybridized carbons (Fsp3) is 0.267. The molecule has 1 heterocycles. The molecule has 20 heavy (non-hydrogen) atoms. The van der Waals surface area contributed by atoms with Gasteiger partial charge in [0.25, 0.3) is 5.91 Å². The van der Waals surface area contributed by atoms with Crippen LogP contribution in [0.25, 0.3) is 0 Å². The highest BCUT2D eigenvalue weighted by Crippen LogP contribution is 2.17. The number of furan rings is 1. The zero-order valence-corrected chi connectivity index (χ0v) is 12.8. The van der Waals surface area contributed by atoms with Crippen LogP contribution in [0.5, 0.6) is 0 Å². The van der Waals surface area contributed by atoms with Gasteiger partial charge in [-0.2, -0.15) is 0 Å². The number of aliphatic hydroxyl groups is 1. The van der Waals surface area contributed by atoms with Crippen molar-refractivity contribution in [3.8, 4) is 0 Å². The van der Waals surface area contributed by atoms with Crippen molar-refractivity contribution >= 4 is 21.8 Å². The summed E-state index contributed by atoms with van der Waals surface area (Å²) in [5.74, 6) is 0.456. The summed E-state index contributed by atoms with van der Waals surface area (Å²) in [6, 6.07) is 9.42. The molecule has 0 spiro atoms. The predicted molar refractivity (Wildman–Crippen MR) is 79.4 cm³/mol. The number of benzene rings is 1. The lowest BCUT2D eigenvalue weighted by atomic mass is 10.1. The second-order valence-electron chi connectivity index (χ2n) is 4.47. The van der Waals surface area contributed by atoms with Crippen molar-refractivity contribution in [3.63, 3.8) is 0 Å². The minimum Gasteiger partial charge on any atom is -0.469 e. The maximum atomic E-state index is 12.4. The number of rotatable bonds is 5. The summed E-state index contributed by atoms with van der Waals surface area (Å²) in [5.41, 5.74) is 1.54. The van der Waals surface area contributed by atoms with Gasteiger partial charge in [-0.15, -0.1) is 0 Å². The highest BCUT2D eigenvalue weighted by atomic mass is 79.9. The third-order valence-electron chi connectivity index (χ3n) is 3.01. The van der Waals surface area contributed by atoms with E-state index in [-0.39, 0.29) is 19.1 Å². The molecule has 4 nitrogen and oxygen atoms in total. The predicted octanol–water partition coefficient (Wildman–Crippen LogP) is 2.99. The van der Waals surface area contributed by atoms with Crippen LogP contribution in [-0.4, -0.2) is 29.1 Å². The molecular weight excluding hydrogens is 322 g/mol. The molecule has 0 bridgehead atoms. The molecule has 0 aliphatic heterocycles. The molecule has 0 aliphatic carbocycles. The lowest BCUT2D eigenvalue weighted by Gasteiger charge is -2.21. The van der Waals surface area contributed by atoms with Gasteiger partial charge in [-0.25, -0.2) is 0 Å². The fourth-order valence-corrected chi connectivity index (χ4v) is 2.45. The summed E-state index contributed by atoms with van der Waals surface area (Å²) in [4.78, 5) is 14.1. The lowest BCUT2D eigenvalue weighted by Crippen LogP contribution is -2.33. The largest absolute Gasteiger partial charge is 0.469 e. The second-order valence-corrected chi connectivity index (χ2v) is 5.39. The van der Waals surface area contributed by atoms with Gasteiger partial charge >= 0.3 is 0 Å². The van der Waals surface area contributed by atoms with Crippen molar-refractivity contribution in [3.05, 3.63) is 58.0 Å². The van der Waals surface area contributed by atoms with E-state index in [9.17, 15) is 4.79 Å². The number of nitrogens with zero attached hydrogens (tertiary/aromatic N) is 1. The second kappa shape index (κ2) is 6.72.